The number of hydrazine groups is 1. The highest BCUT2D eigenvalue weighted by molar-refractivity contribution is 6.04. The molecule has 0 unspecified atom stereocenters. The molecule has 2 heterocycles. The summed E-state index contributed by atoms with van der Waals surface area (Å²) < 4.78 is 11.8. The maximum absolute atomic E-state index is 13.7. The van der Waals surface area contributed by atoms with E-state index >= 15 is 0 Å². The van der Waals surface area contributed by atoms with Crippen molar-refractivity contribution in [2.24, 2.45) is 5.73 Å². The fourth-order valence-electron chi connectivity index (χ4n) is 4.72. The number of rotatable bonds is 20. The zero-order valence-corrected chi connectivity index (χ0v) is 29.1. The molecule has 0 bridgehead atoms. The Hall–Kier alpha value is -5.66. The number of carboxylic acid groups (broad SMARTS) is 2. The van der Waals surface area contributed by atoms with Crippen molar-refractivity contribution in [3.05, 3.63) is 72.3 Å². The summed E-state index contributed by atoms with van der Waals surface area (Å²) in [4.78, 5) is 88.0. The normalized spacial score (nSPS) is 13.6. The van der Waals surface area contributed by atoms with Gasteiger partial charge < -0.3 is 41.0 Å². The van der Waals surface area contributed by atoms with Crippen molar-refractivity contribution in [2.45, 2.75) is 82.7 Å². The number of ether oxygens (including phenoxy) is 2. The summed E-state index contributed by atoms with van der Waals surface area (Å²) in [5, 5.41) is 24.4. The number of carbonyl (C=O) groups is 6. The Labute approximate surface area is 299 Å². The van der Waals surface area contributed by atoms with Crippen LogP contribution in [0.1, 0.15) is 57.0 Å². The number of nitrogens with one attached hydrogen (secondary N) is 5. The molecule has 3 atom stereocenters. The first kappa shape index (κ1) is 40.8. The molecule has 282 valence electrons. The van der Waals surface area contributed by atoms with Crippen LogP contribution in [0.3, 0.4) is 0 Å². The standard InChI is InChI=1S/C33H45N9O10/c1-32(2,3)52-30(49)33(29(47)48,14-23-17-42(20-38-23)31(50)51-18-21-9-5-4-6-10-21)41-40-24(11-7-8-12-34)28(46)39-25(13-22-15-35-19-37-22)27(45)36-16-26(43)44/h4-6,9-10,15,17,19-20,24-25,40-41H,7-8,11-14,16,18,34H2,1-3H3,(H,35,37)(H,36,45)(H,39,46)(H,43,44)(H,47,48)/t24-,25-,33-/m0/s1. The van der Waals surface area contributed by atoms with Gasteiger partial charge in [0.15, 0.2) is 0 Å². The SMILES string of the molecule is CC(C)(C)OC(=O)[C@@](Cc1cn(C(=O)OCc2ccccc2)cn1)(NN[C@@H](CCCCN)C(=O)N[C@@H](Cc1c[nH]cn1)C(=O)NCC(=O)O)C(=O)O. The zero-order valence-electron chi connectivity index (χ0n) is 29.1. The van der Waals surface area contributed by atoms with Crippen LogP contribution in [-0.4, -0.2) is 102 Å². The number of aromatic nitrogens is 4. The van der Waals surface area contributed by atoms with Gasteiger partial charge in [0.2, 0.25) is 17.4 Å². The first-order chi connectivity index (χ1) is 24.6. The average molecular weight is 728 g/mol. The monoisotopic (exact) mass is 727 g/mol. The summed E-state index contributed by atoms with van der Waals surface area (Å²) in [5.74, 6) is -5.82. The Morgan fingerprint density at radius 1 is 0.981 bits per heavy atom. The number of H-pyrrole nitrogens is 1. The van der Waals surface area contributed by atoms with Crippen LogP contribution in [0.25, 0.3) is 0 Å². The smallest absolute Gasteiger partial charge is 0.419 e. The second-order valence-electron chi connectivity index (χ2n) is 12.7. The molecule has 0 radical (unpaired) electrons. The molecular weight excluding hydrogens is 682 g/mol. The topological polar surface area (TPSA) is 282 Å². The number of aromatic amines is 1. The van der Waals surface area contributed by atoms with Crippen LogP contribution in [0.2, 0.25) is 0 Å². The van der Waals surface area contributed by atoms with Gasteiger partial charge in [-0.15, -0.1) is 0 Å². The van der Waals surface area contributed by atoms with E-state index in [4.69, 9.17) is 20.3 Å². The Kier molecular flexibility index (Phi) is 15.0. The van der Waals surface area contributed by atoms with Crippen LogP contribution in [-0.2, 0) is 52.9 Å². The maximum Gasteiger partial charge on any atom is 0.419 e. The van der Waals surface area contributed by atoms with Crippen LogP contribution in [0.15, 0.2) is 55.4 Å². The van der Waals surface area contributed by atoms with Gasteiger partial charge in [-0.1, -0.05) is 36.8 Å². The molecule has 2 amide bonds. The molecule has 3 aromatic rings. The Bertz CT molecular complexity index is 1660. The third-order valence-corrected chi connectivity index (χ3v) is 7.35. The summed E-state index contributed by atoms with van der Waals surface area (Å²) in [6.07, 6.45) is 4.52. The van der Waals surface area contributed by atoms with E-state index in [1.54, 1.807) is 45.0 Å². The molecule has 52 heavy (non-hydrogen) atoms. The molecule has 0 spiro atoms. The number of imidazole rings is 2. The molecular formula is C33H45N9O10. The van der Waals surface area contributed by atoms with E-state index in [1.165, 1.54) is 18.7 Å². The quantitative estimate of drug-likeness (QED) is 0.0330. The van der Waals surface area contributed by atoms with Gasteiger partial charge in [-0.05, 0) is 45.7 Å². The number of esters is 1. The molecule has 2 aromatic heterocycles. The van der Waals surface area contributed by atoms with Gasteiger partial charge >= 0.3 is 24.0 Å². The largest absolute Gasteiger partial charge is 0.480 e. The second kappa shape index (κ2) is 19.1. The summed E-state index contributed by atoms with van der Waals surface area (Å²) in [5.41, 5.74) is 8.19. The van der Waals surface area contributed by atoms with Crippen LogP contribution in [0.5, 0.6) is 0 Å². The van der Waals surface area contributed by atoms with Crippen molar-refractivity contribution in [3.63, 3.8) is 0 Å². The maximum atomic E-state index is 13.7. The van der Waals surface area contributed by atoms with E-state index in [0.29, 0.717) is 18.5 Å². The van der Waals surface area contributed by atoms with Gasteiger partial charge in [0.05, 0.1) is 23.8 Å². The van der Waals surface area contributed by atoms with Crippen LogP contribution in [0, 0.1) is 0 Å². The number of amides is 2. The third kappa shape index (κ3) is 12.6. The number of carboxylic acids is 2. The summed E-state index contributed by atoms with van der Waals surface area (Å²) in [7, 11) is 0. The molecule has 1 aromatic carbocycles. The van der Waals surface area contributed by atoms with E-state index in [1.807, 2.05) is 6.07 Å². The van der Waals surface area contributed by atoms with Crippen LogP contribution < -0.4 is 27.2 Å². The molecule has 0 aliphatic carbocycles. The summed E-state index contributed by atoms with van der Waals surface area (Å²) >= 11 is 0. The fraction of sp³-hybridized carbons (Fsp3) is 0.455. The summed E-state index contributed by atoms with van der Waals surface area (Å²) in [6.45, 7) is 4.17. The van der Waals surface area contributed by atoms with E-state index < -0.39 is 72.0 Å². The van der Waals surface area contributed by atoms with Crippen molar-refractivity contribution < 1.29 is 48.5 Å². The number of nitrogens with zero attached hydrogens (tertiary/aromatic N) is 3. The minimum absolute atomic E-state index is 0.0162. The van der Waals surface area contributed by atoms with Gasteiger partial charge in [0.1, 0.15) is 31.1 Å². The fourth-order valence-corrected chi connectivity index (χ4v) is 4.72. The van der Waals surface area contributed by atoms with E-state index in [2.05, 4.69) is 36.4 Å². The lowest BCUT2D eigenvalue weighted by Crippen LogP contribution is -2.68. The lowest BCUT2D eigenvalue weighted by molar-refractivity contribution is -0.172. The van der Waals surface area contributed by atoms with Crippen molar-refractivity contribution in [1.29, 1.82) is 0 Å². The number of carbonyl (C=O) groups excluding carboxylic acids is 4. The molecule has 0 fully saturated rings. The number of unbranched alkanes of at least 4 members (excludes halogenated alkanes) is 1. The van der Waals surface area contributed by atoms with Crippen molar-refractivity contribution in [1.82, 2.24) is 41.0 Å². The molecule has 0 saturated carbocycles. The lowest BCUT2D eigenvalue weighted by atomic mass is 9.93. The number of hydrogen-bond donors (Lipinski definition) is 8. The van der Waals surface area contributed by atoms with Gasteiger partial charge in [-0.25, -0.2) is 39.8 Å². The molecule has 3 rings (SSSR count). The van der Waals surface area contributed by atoms with Gasteiger partial charge in [-0.3, -0.25) is 14.4 Å². The van der Waals surface area contributed by atoms with Gasteiger partial charge in [0, 0.05) is 25.2 Å². The van der Waals surface area contributed by atoms with E-state index in [9.17, 15) is 33.9 Å². The van der Waals surface area contributed by atoms with Crippen LogP contribution in [0.4, 0.5) is 4.79 Å². The highest BCUT2D eigenvalue weighted by atomic mass is 16.6. The predicted molar refractivity (Wildman–Crippen MR) is 182 cm³/mol. The minimum Gasteiger partial charge on any atom is -0.480 e. The molecule has 9 N–H and O–H groups in total. The average Bonchev–Trinajstić information content (AvgIpc) is 3.78. The lowest BCUT2D eigenvalue weighted by Gasteiger charge is -2.33. The highest BCUT2D eigenvalue weighted by Gasteiger charge is 2.50. The number of aliphatic carboxylic acids is 2. The first-order valence-corrected chi connectivity index (χ1v) is 16.3. The van der Waals surface area contributed by atoms with Crippen LogP contribution >= 0.6 is 0 Å². The van der Waals surface area contributed by atoms with E-state index in [-0.39, 0.29) is 31.7 Å². The highest BCUT2D eigenvalue weighted by Crippen LogP contribution is 2.20. The number of nitrogens with two attached hydrogens (primary N) is 1. The minimum atomic E-state index is -2.60. The van der Waals surface area contributed by atoms with Gasteiger partial charge in [0.25, 0.3) is 0 Å². The molecule has 19 nitrogen and oxygen atoms in total. The van der Waals surface area contributed by atoms with Gasteiger partial charge in [-0.2, -0.15) is 0 Å². The molecule has 0 aliphatic heterocycles. The molecule has 19 heteroatoms. The van der Waals surface area contributed by atoms with E-state index in [0.717, 1.165) is 16.5 Å². The first-order valence-electron chi connectivity index (χ1n) is 16.3. The molecule has 0 saturated heterocycles. The Morgan fingerprint density at radius 3 is 2.33 bits per heavy atom. The van der Waals surface area contributed by atoms with Crippen molar-refractivity contribution in [3.8, 4) is 0 Å². The number of hydrogen-bond acceptors (Lipinski definition) is 13. The summed E-state index contributed by atoms with van der Waals surface area (Å²) in [6, 6.07) is 6.38. The molecule has 0 aliphatic rings. The zero-order chi connectivity index (χ0) is 38.3. The second-order valence-corrected chi connectivity index (χ2v) is 12.7. The predicted octanol–water partition coefficient (Wildman–Crippen LogP) is 0.0188. The Morgan fingerprint density at radius 2 is 1.71 bits per heavy atom. The van der Waals surface area contributed by atoms with Crippen molar-refractivity contribution >= 4 is 35.8 Å². The number of benzene rings is 1. The Balaban J connectivity index is 1.88. The van der Waals surface area contributed by atoms with Crippen molar-refractivity contribution in [2.75, 3.05) is 13.1 Å². The third-order valence-electron chi connectivity index (χ3n) is 7.35.